The molecule has 1 saturated carbocycles. The molecule has 2 N–H and O–H groups in total. The first kappa shape index (κ1) is 16.9. The standard InChI is InChI=1S/C18H22N2O3S/c21-18(22)13-6-8-14(9-7-13)19-10-15-12-24-17(20-15)11-23-16-4-2-1-3-5-16/h1-5,12-14,19H,6-11H2,(H,21,22). The number of thiazole rings is 1. The number of rotatable bonds is 7. The second-order valence-electron chi connectivity index (χ2n) is 6.10. The molecule has 0 unspecified atom stereocenters. The SMILES string of the molecule is O=C(O)C1CCC(NCc2csc(COc3ccccc3)n2)CC1. The van der Waals surface area contributed by atoms with E-state index in [0.717, 1.165) is 48.7 Å². The smallest absolute Gasteiger partial charge is 0.306 e. The van der Waals surface area contributed by atoms with Gasteiger partial charge in [0.2, 0.25) is 0 Å². The van der Waals surface area contributed by atoms with Crippen LogP contribution in [0.25, 0.3) is 0 Å². The van der Waals surface area contributed by atoms with Crippen LogP contribution in [0.3, 0.4) is 0 Å². The molecule has 0 spiro atoms. The lowest BCUT2D eigenvalue weighted by Crippen LogP contribution is -2.34. The van der Waals surface area contributed by atoms with Crippen LogP contribution in [0.4, 0.5) is 0 Å². The minimum atomic E-state index is -0.656. The summed E-state index contributed by atoms with van der Waals surface area (Å²) in [6.07, 6.45) is 3.37. The van der Waals surface area contributed by atoms with Crippen LogP contribution < -0.4 is 10.1 Å². The molecule has 2 aromatic rings. The Morgan fingerprint density at radius 3 is 2.71 bits per heavy atom. The van der Waals surface area contributed by atoms with Crippen molar-refractivity contribution in [3.63, 3.8) is 0 Å². The topological polar surface area (TPSA) is 71.5 Å². The molecule has 1 aromatic heterocycles. The number of nitrogens with one attached hydrogen (secondary N) is 1. The maximum absolute atomic E-state index is 11.0. The highest BCUT2D eigenvalue weighted by Crippen LogP contribution is 2.24. The summed E-state index contributed by atoms with van der Waals surface area (Å²) in [5.41, 5.74) is 1.02. The Hall–Kier alpha value is -1.92. The summed E-state index contributed by atoms with van der Waals surface area (Å²) in [6, 6.07) is 10.1. The van der Waals surface area contributed by atoms with Crippen molar-refractivity contribution in [1.82, 2.24) is 10.3 Å². The van der Waals surface area contributed by atoms with Crippen molar-refractivity contribution < 1.29 is 14.6 Å². The van der Waals surface area contributed by atoms with Crippen LogP contribution in [0.15, 0.2) is 35.7 Å². The van der Waals surface area contributed by atoms with Gasteiger partial charge in [0.15, 0.2) is 0 Å². The van der Waals surface area contributed by atoms with Crippen LogP contribution in [0, 0.1) is 5.92 Å². The van der Waals surface area contributed by atoms with Gasteiger partial charge >= 0.3 is 5.97 Å². The van der Waals surface area contributed by atoms with Gasteiger partial charge in [0.25, 0.3) is 0 Å². The van der Waals surface area contributed by atoms with Gasteiger partial charge in [0.1, 0.15) is 17.4 Å². The van der Waals surface area contributed by atoms with E-state index in [4.69, 9.17) is 9.84 Å². The van der Waals surface area contributed by atoms with Crippen molar-refractivity contribution >= 4 is 17.3 Å². The average molecular weight is 346 g/mol. The second-order valence-corrected chi connectivity index (χ2v) is 7.04. The van der Waals surface area contributed by atoms with Gasteiger partial charge in [-0.1, -0.05) is 18.2 Å². The number of ether oxygens (including phenoxy) is 1. The number of nitrogens with zero attached hydrogens (tertiary/aromatic N) is 1. The molecule has 0 amide bonds. The molecule has 0 aliphatic heterocycles. The minimum absolute atomic E-state index is 0.163. The van der Waals surface area contributed by atoms with Crippen molar-refractivity contribution in [2.24, 2.45) is 5.92 Å². The maximum Gasteiger partial charge on any atom is 0.306 e. The molecular weight excluding hydrogens is 324 g/mol. The van der Waals surface area contributed by atoms with Crippen LogP contribution in [0.1, 0.15) is 36.4 Å². The van der Waals surface area contributed by atoms with E-state index in [9.17, 15) is 4.79 Å². The van der Waals surface area contributed by atoms with Crippen LogP contribution in [-0.4, -0.2) is 22.1 Å². The fraction of sp³-hybridized carbons (Fsp3) is 0.444. The molecule has 1 aliphatic carbocycles. The van der Waals surface area contributed by atoms with Crippen LogP contribution >= 0.6 is 11.3 Å². The predicted molar refractivity (Wildman–Crippen MR) is 93.1 cm³/mol. The number of aliphatic carboxylic acids is 1. The number of aromatic nitrogens is 1. The van der Waals surface area contributed by atoms with Gasteiger partial charge in [-0.05, 0) is 37.8 Å². The second kappa shape index (κ2) is 8.26. The summed E-state index contributed by atoms with van der Waals surface area (Å²) in [5.74, 6) is 0.0302. The lowest BCUT2D eigenvalue weighted by molar-refractivity contribution is -0.142. The summed E-state index contributed by atoms with van der Waals surface area (Å²) in [7, 11) is 0. The van der Waals surface area contributed by atoms with E-state index in [1.807, 2.05) is 30.3 Å². The van der Waals surface area contributed by atoms with Crippen molar-refractivity contribution in [3.8, 4) is 5.75 Å². The van der Waals surface area contributed by atoms with E-state index in [1.165, 1.54) is 0 Å². The zero-order valence-corrected chi connectivity index (χ0v) is 14.3. The van der Waals surface area contributed by atoms with Gasteiger partial charge in [-0.25, -0.2) is 4.98 Å². The van der Waals surface area contributed by atoms with Crippen LogP contribution in [0.2, 0.25) is 0 Å². The number of hydrogen-bond donors (Lipinski definition) is 2. The first-order valence-corrected chi connectivity index (χ1v) is 9.16. The minimum Gasteiger partial charge on any atom is -0.486 e. The van der Waals surface area contributed by atoms with Gasteiger partial charge in [0, 0.05) is 18.0 Å². The zero-order valence-electron chi connectivity index (χ0n) is 13.5. The van der Waals surface area contributed by atoms with Gasteiger partial charge < -0.3 is 15.2 Å². The van der Waals surface area contributed by atoms with Crippen molar-refractivity contribution in [2.45, 2.75) is 44.9 Å². The monoisotopic (exact) mass is 346 g/mol. The van der Waals surface area contributed by atoms with Crippen molar-refractivity contribution in [3.05, 3.63) is 46.4 Å². The largest absolute Gasteiger partial charge is 0.486 e. The van der Waals surface area contributed by atoms with Gasteiger partial charge in [0.05, 0.1) is 11.6 Å². The van der Waals surface area contributed by atoms with Crippen molar-refractivity contribution in [2.75, 3.05) is 0 Å². The van der Waals surface area contributed by atoms with E-state index in [2.05, 4.69) is 15.7 Å². The lowest BCUT2D eigenvalue weighted by atomic mass is 9.86. The number of para-hydroxylation sites is 1. The molecule has 0 saturated heterocycles. The number of hydrogen-bond acceptors (Lipinski definition) is 5. The van der Waals surface area contributed by atoms with Crippen LogP contribution in [-0.2, 0) is 17.9 Å². The Morgan fingerprint density at radius 2 is 2.00 bits per heavy atom. The third kappa shape index (κ3) is 4.79. The first-order valence-electron chi connectivity index (χ1n) is 8.28. The molecule has 0 atom stereocenters. The average Bonchev–Trinajstić information content (AvgIpc) is 3.07. The molecule has 128 valence electrons. The molecule has 6 heteroatoms. The van der Waals surface area contributed by atoms with Crippen LogP contribution in [0.5, 0.6) is 5.75 Å². The fourth-order valence-electron chi connectivity index (χ4n) is 2.95. The van der Waals surface area contributed by atoms with Gasteiger partial charge in [-0.3, -0.25) is 4.79 Å². The molecule has 1 aliphatic rings. The zero-order chi connectivity index (χ0) is 16.8. The first-order chi connectivity index (χ1) is 11.7. The molecule has 0 bridgehead atoms. The Kier molecular flexibility index (Phi) is 5.82. The quantitative estimate of drug-likeness (QED) is 0.803. The predicted octanol–water partition coefficient (Wildman–Crippen LogP) is 3.46. The highest BCUT2D eigenvalue weighted by atomic mass is 32.1. The Bertz CT molecular complexity index is 651. The molecule has 1 heterocycles. The number of carboxylic acid groups (broad SMARTS) is 1. The maximum atomic E-state index is 11.0. The van der Waals surface area contributed by atoms with E-state index in [0.29, 0.717) is 12.6 Å². The summed E-state index contributed by atoms with van der Waals surface area (Å²) < 4.78 is 5.71. The summed E-state index contributed by atoms with van der Waals surface area (Å²) >= 11 is 1.61. The molecule has 1 fully saturated rings. The Morgan fingerprint density at radius 1 is 1.25 bits per heavy atom. The molecule has 24 heavy (non-hydrogen) atoms. The van der Waals surface area contributed by atoms with Gasteiger partial charge in [-0.2, -0.15) is 0 Å². The highest BCUT2D eigenvalue weighted by molar-refractivity contribution is 7.09. The van der Waals surface area contributed by atoms with E-state index >= 15 is 0 Å². The van der Waals surface area contributed by atoms with Crippen molar-refractivity contribution in [1.29, 1.82) is 0 Å². The third-order valence-corrected chi connectivity index (χ3v) is 5.22. The molecule has 5 nitrogen and oxygen atoms in total. The van der Waals surface area contributed by atoms with E-state index < -0.39 is 5.97 Å². The summed E-state index contributed by atoms with van der Waals surface area (Å²) in [5, 5.41) is 15.5. The van der Waals surface area contributed by atoms with E-state index in [-0.39, 0.29) is 5.92 Å². The molecule has 1 aromatic carbocycles. The van der Waals surface area contributed by atoms with Gasteiger partial charge in [-0.15, -0.1) is 11.3 Å². The number of carboxylic acids is 1. The Labute approximate surface area is 145 Å². The summed E-state index contributed by atoms with van der Waals surface area (Å²) in [4.78, 5) is 15.6. The number of benzene rings is 1. The normalized spacial score (nSPS) is 20.7. The Balaban J connectivity index is 1.41. The number of carbonyl (C=O) groups is 1. The third-order valence-electron chi connectivity index (χ3n) is 4.35. The lowest BCUT2D eigenvalue weighted by Gasteiger charge is -2.26. The molecular formula is C18H22N2O3S. The molecule has 3 rings (SSSR count). The summed E-state index contributed by atoms with van der Waals surface area (Å²) in [6.45, 7) is 1.21. The van der Waals surface area contributed by atoms with E-state index in [1.54, 1.807) is 11.3 Å². The molecule has 0 radical (unpaired) electrons. The fourth-order valence-corrected chi connectivity index (χ4v) is 3.66. The highest BCUT2D eigenvalue weighted by Gasteiger charge is 2.25.